The maximum Gasteiger partial charge on any atom is 0.253 e. The van der Waals surface area contributed by atoms with Crippen molar-refractivity contribution >= 4 is 22.6 Å². The highest BCUT2D eigenvalue weighted by molar-refractivity contribution is 7.09. The molecule has 2 aromatic heterocycles. The van der Waals surface area contributed by atoms with Crippen molar-refractivity contribution in [3.05, 3.63) is 35.9 Å². The molecular formula is C14H17N5OS. The van der Waals surface area contributed by atoms with E-state index in [9.17, 15) is 4.79 Å². The average Bonchev–Trinajstić information content (AvgIpc) is 2.95. The minimum absolute atomic E-state index is 0.0479. The number of nitrogens with zero attached hydrogens (tertiary/aromatic N) is 4. The van der Waals surface area contributed by atoms with E-state index in [1.807, 2.05) is 6.92 Å². The molecule has 1 saturated heterocycles. The summed E-state index contributed by atoms with van der Waals surface area (Å²) in [5, 5.41) is 4.05. The van der Waals surface area contributed by atoms with Crippen molar-refractivity contribution in [1.82, 2.24) is 19.7 Å². The van der Waals surface area contributed by atoms with Crippen LogP contribution >= 0.6 is 11.5 Å². The molecule has 0 bridgehead atoms. The van der Waals surface area contributed by atoms with Crippen LogP contribution in [0.15, 0.2) is 24.5 Å². The normalized spacial score (nSPS) is 16.0. The van der Waals surface area contributed by atoms with Crippen LogP contribution in [0.25, 0.3) is 0 Å². The Hall–Kier alpha value is -2.02. The van der Waals surface area contributed by atoms with E-state index in [2.05, 4.69) is 24.6 Å². The molecule has 0 aromatic carbocycles. The maximum atomic E-state index is 12.1. The van der Waals surface area contributed by atoms with E-state index in [0.29, 0.717) is 5.56 Å². The van der Waals surface area contributed by atoms with Gasteiger partial charge in [-0.25, -0.2) is 4.98 Å². The van der Waals surface area contributed by atoms with Crippen molar-refractivity contribution in [3.63, 3.8) is 0 Å². The summed E-state index contributed by atoms with van der Waals surface area (Å²) in [7, 11) is 0. The van der Waals surface area contributed by atoms with Crippen LogP contribution in [-0.4, -0.2) is 39.4 Å². The third-order valence-electron chi connectivity index (χ3n) is 3.54. The Morgan fingerprint density at radius 3 is 2.86 bits per heavy atom. The van der Waals surface area contributed by atoms with Gasteiger partial charge >= 0.3 is 0 Å². The molecule has 0 atom stereocenters. The predicted molar refractivity (Wildman–Crippen MR) is 81.6 cm³/mol. The second kappa shape index (κ2) is 6.17. The Kier molecular flexibility index (Phi) is 4.10. The Labute approximate surface area is 127 Å². The van der Waals surface area contributed by atoms with Gasteiger partial charge in [-0.2, -0.15) is 4.37 Å². The highest BCUT2D eigenvalue weighted by Gasteiger charge is 2.23. The first-order valence-electron chi connectivity index (χ1n) is 6.98. The topological polar surface area (TPSA) is 71.0 Å². The molecule has 7 heteroatoms. The number of aryl methyl sites for hydroxylation is 1. The van der Waals surface area contributed by atoms with Gasteiger partial charge in [0.25, 0.3) is 5.91 Å². The molecule has 0 aliphatic carbocycles. The summed E-state index contributed by atoms with van der Waals surface area (Å²) >= 11 is 1.44. The lowest BCUT2D eigenvalue weighted by molar-refractivity contribution is 0.0931. The van der Waals surface area contributed by atoms with Crippen molar-refractivity contribution in [2.45, 2.75) is 25.8 Å². The monoisotopic (exact) mass is 303 g/mol. The van der Waals surface area contributed by atoms with Crippen LogP contribution in [0.2, 0.25) is 0 Å². The third kappa shape index (κ3) is 3.36. The summed E-state index contributed by atoms with van der Waals surface area (Å²) in [5.74, 6) is 0.773. The molecule has 3 rings (SSSR count). The van der Waals surface area contributed by atoms with Crippen molar-refractivity contribution < 1.29 is 4.79 Å². The molecule has 0 unspecified atom stereocenters. The van der Waals surface area contributed by atoms with E-state index < -0.39 is 0 Å². The van der Waals surface area contributed by atoms with Crippen molar-refractivity contribution in [2.75, 3.05) is 18.0 Å². The Balaban J connectivity index is 1.53. The number of amides is 1. The lowest BCUT2D eigenvalue weighted by Gasteiger charge is -2.31. The fourth-order valence-electron chi connectivity index (χ4n) is 2.40. The van der Waals surface area contributed by atoms with Gasteiger partial charge < -0.3 is 10.2 Å². The minimum atomic E-state index is -0.0479. The van der Waals surface area contributed by atoms with Crippen LogP contribution < -0.4 is 10.2 Å². The van der Waals surface area contributed by atoms with Gasteiger partial charge in [0.1, 0.15) is 5.82 Å². The fourth-order valence-corrected chi connectivity index (χ4v) is 3.12. The van der Waals surface area contributed by atoms with Crippen LogP contribution in [0, 0.1) is 6.92 Å². The van der Waals surface area contributed by atoms with E-state index in [0.717, 1.165) is 36.9 Å². The van der Waals surface area contributed by atoms with Crippen LogP contribution in [0.4, 0.5) is 5.13 Å². The van der Waals surface area contributed by atoms with Crippen molar-refractivity contribution in [3.8, 4) is 0 Å². The van der Waals surface area contributed by atoms with Crippen molar-refractivity contribution in [2.24, 2.45) is 0 Å². The highest BCUT2D eigenvalue weighted by atomic mass is 32.1. The van der Waals surface area contributed by atoms with Crippen LogP contribution in [0.1, 0.15) is 29.0 Å². The SMILES string of the molecule is Cc1nsc(N2CCC(NC(=O)c3cccnc3)CC2)n1. The molecule has 110 valence electrons. The van der Waals surface area contributed by atoms with Crippen molar-refractivity contribution in [1.29, 1.82) is 0 Å². The maximum absolute atomic E-state index is 12.1. The molecule has 21 heavy (non-hydrogen) atoms. The molecule has 1 amide bonds. The predicted octanol–water partition coefficient (Wildman–Crippen LogP) is 1.64. The highest BCUT2D eigenvalue weighted by Crippen LogP contribution is 2.21. The van der Waals surface area contributed by atoms with E-state index in [4.69, 9.17) is 0 Å². The van der Waals surface area contributed by atoms with E-state index in [1.54, 1.807) is 24.5 Å². The second-order valence-electron chi connectivity index (χ2n) is 5.10. The summed E-state index contributed by atoms with van der Waals surface area (Å²) < 4.78 is 4.21. The van der Waals surface area contributed by atoms with E-state index in [-0.39, 0.29) is 11.9 Å². The molecule has 0 spiro atoms. The number of piperidine rings is 1. The van der Waals surface area contributed by atoms with Gasteiger partial charge in [-0.1, -0.05) is 0 Å². The number of hydrogen-bond acceptors (Lipinski definition) is 6. The molecule has 2 aromatic rings. The molecule has 0 saturated carbocycles. The van der Waals surface area contributed by atoms with Gasteiger partial charge in [0.15, 0.2) is 0 Å². The van der Waals surface area contributed by atoms with Crippen LogP contribution in [0.5, 0.6) is 0 Å². The Bertz CT molecular complexity index is 607. The molecule has 6 nitrogen and oxygen atoms in total. The standard InChI is InChI=1S/C14H17N5OS/c1-10-16-14(21-18-10)19-7-4-12(5-8-19)17-13(20)11-3-2-6-15-9-11/h2-3,6,9,12H,4-5,7-8H2,1H3,(H,17,20). The minimum Gasteiger partial charge on any atom is -0.349 e. The first-order valence-corrected chi connectivity index (χ1v) is 7.76. The molecule has 0 radical (unpaired) electrons. The van der Waals surface area contributed by atoms with Gasteiger partial charge in [-0.15, -0.1) is 0 Å². The number of carbonyl (C=O) groups is 1. The Morgan fingerprint density at radius 1 is 1.43 bits per heavy atom. The Morgan fingerprint density at radius 2 is 2.24 bits per heavy atom. The zero-order valence-electron chi connectivity index (χ0n) is 11.8. The van der Waals surface area contributed by atoms with E-state index >= 15 is 0 Å². The number of pyridine rings is 1. The van der Waals surface area contributed by atoms with Gasteiger partial charge in [0, 0.05) is 43.1 Å². The smallest absolute Gasteiger partial charge is 0.253 e. The lowest BCUT2D eigenvalue weighted by Crippen LogP contribution is -2.44. The van der Waals surface area contributed by atoms with Gasteiger partial charge in [0.2, 0.25) is 5.13 Å². The first kappa shape index (κ1) is 13.9. The number of carbonyl (C=O) groups excluding carboxylic acids is 1. The average molecular weight is 303 g/mol. The first-order chi connectivity index (χ1) is 10.2. The molecule has 3 heterocycles. The summed E-state index contributed by atoms with van der Waals surface area (Å²) in [6, 6.07) is 3.76. The van der Waals surface area contributed by atoms with Crippen LogP contribution in [-0.2, 0) is 0 Å². The number of nitrogens with one attached hydrogen (secondary N) is 1. The zero-order chi connectivity index (χ0) is 14.7. The fraction of sp³-hybridized carbons (Fsp3) is 0.429. The number of anilines is 1. The molecule has 1 N–H and O–H groups in total. The molecular weight excluding hydrogens is 286 g/mol. The molecule has 1 fully saturated rings. The van der Waals surface area contributed by atoms with E-state index in [1.165, 1.54) is 11.5 Å². The van der Waals surface area contributed by atoms with Gasteiger partial charge in [-0.05, 0) is 31.9 Å². The second-order valence-corrected chi connectivity index (χ2v) is 5.83. The number of hydrogen-bond donors (Lipinski definition) is 1. The summed E-state index contributed by atoms with van der Waals surface area (Å²) in [6.07, 6.45) is 5.10. The van der Waals surface area contributed by atoms with Gasteiger partial charge in [0.05, 0.1) is 5.56 Å². The zero-order valence-corrected chi connectivity index (χ0v) is 12.6. The van der Waals surface area contributed by atoms with Crippen LogP contribution in [0.3, 0.4) is 0 Å². The summed E-state index contributed by atoms with van der Waals surface area (Å²) in [4.78, 5) is 22.7. The summed E-state index contributed by atoms with van der Waals surface area (Å²) in [5.41, 5.74) is 0.611. The largest absolute Gasteiger partial charge is 0.349 e. The molecule has 1 aliphatic rings. The quantitative estimate of drug-likeness (QED) is 0.933. The summed E-state index contributed by atoms with van der Waals surface area (Å²) in [6.45, 7) is 3.69. The molecule has 1 aliphatic heterocycles. The third-order valence-corrected chi connectivity index (χ3v) is 4.41. The lowest BCUT2D eigenvalue weighted by atomic mass is 10.1. The van der Waals surface area contributed by atoms with Gasteiger partial charge in [-0.3, -0.25) is 9.78 Å². The number of rotatable bonds is 3. The number of aromatic nitrogens is 3.